The van der Waals surface area contributed by atoms with Crippen molar-refractivity contribution in [2.45, 2.75) is 12.8 Å². The number of ether oxygens (including phenoxy) is 1. The maximum Gasteiger partial charge on any atom is 0.271 e. The molecule has 3 rings (SSSR count). The van der Waals surface area contributed by atoms with Crippen molar-refractivity contribution in [3.05, 3.63) is 24.3 Å². The van der Waals surface area contributed by atoms with Gasteiger partial charge in [0.2, 0.25) is 0 Å². The predicted octanol–water partition coefficient (Wildman–Crippen LogP) is 0.319. The molecule has 1 saturated carbocycles. The first-order valence-electron chi connectivity index (χ1n) is 7.12. The van der Waals surface area contributed by atoms with E-state index in [9.17, 15) is 4.79 Å². The van der Waals surface area contributed by atoms with Crippen molar-refractivity contribution in [1.29, 1.82) is 0 Å². The van der Waals surface area contributed by atoms with Gasteiger partial charge >= 0.3 is 0 Å². The fraction of sp³-hybridized carbons (Fsp3) is 0.643. The molecular formula is C14H20N4O2. The van der Waals surface area contributed by atoms with Crippen LogP contribution in [-0.2, 0) is 4.74 Å². The van der Waals surface area contributed by atoms with Gasteiger partial charge in [0, 0.05) is 44.0 Å². The Morgan fingerprint density at radius 3 is 2.80 bits per heavy atom. The number of carbonyl (C=O) groups excluding carboxylic acids is 1. The summed E-state index contributed by atoms with van der Waals surface area (Å²) in [5.41, 5.74) is 0.643. The molecule has 1 aliphatic heterocycles. The van der Waals surface area contributed by atoms with Crippen LogP contribution < -0.4 is 5.32 Å². The van der Waals surface area contributed by atoms with E-state index in [0.29, 0.717) is 5.69 Å². The Labute approximate surface area is 118 Å². The van der Waals surface area contributed by atoms with E-state index >= 15 is 0 Å². The third-order valence-electron chi connectivity index (χ3n) is 4.04. The van der Waals surface area contributed by atoms with E-state index in [1.807, 2.05) is 0 Å². The number of nitrogens with zero attached hydrogens (tertiary/aromatic N) is 3. The van der Waals surface area contributed by atoms with Crippen LogP contribution in [0.1, 0.15) is 23.3 Å². The minimum atomic E-state index is -0.133. The van der Waals surface area contributed by atoms with E-state index < -0.39 is 0 Å². The molecule has 1 aromatic rings. The van der Waals surface area contributed by atoms with Gasteiger partial charge in [-0.15, -0.1) is 0 Å². The van der Waals surface area contributed by atoms with Crippen molar-refractivity contribution in [2.24, 2.45) is 5.41 Å². The van der Waals surface area contributed by atoms with Gasteiger partial charge < -0.3 is 10.1 Å². The van der Waals surface area contributed by atoms with Crippen LogP contribution in [-0.4, -0.2) is 60.2 Å². The Kier molecular flexibility index (Phi) is 3.93. The van der Waals surface area contributed by atoms with E-state index in [1.165, 1.54) is 25.2 Å². The maximum atomic E-state index is 12.0. The highest BCUT2D eigenvalue weighted by atomic mass is 16.5. The quantitative estimate of drug-likeness (QED) is 0.839. The van der Waals surface area contributed by atoms with Gasteiger partial charge in [-0.2, -0.15) is 0 Å². The average Bonchev–Trinajstić information content (AvgIpc) is 3.27. The number of carbonyl (C=O) groups is 1. The Hall–Kier alpha value is -1.53. The topological polar surface area (TPSA) is 67.4 Å². The monoisotopic (exact) mass is 276 g/mol. The first kappa shape index (κ1) is 13.5. The van der Waals surface area contributed by atoms with E-state index in [0.717, 1.165) is 39.4 Å². The number of hydrogen-bond donors (Lipinski definition) is 1. The van der Waals surface area contributed by atoms with Crippen LogP contribution in [0, 0.1) is 5.41 Å². The van der Waals surface area contributed by atoms with Crippen LogP contribution in [0.15, 0.2) is 18.6 Å². The van der Waals surface area contributed by atoms with E-state index in [4.69, 9.17) is 4.74 Å². The SMILES string of the molecule is O=C(NCC1(CN2CCOCC2)CC1)c1cnccn1. The molecule has 1 N–H and O–H groups in total. The van der Waals surface area contributed by atoms with Crippen molar-refractivity contribution in [1.82, 2.24) is 20.2 Å². The molecule has 0 spiro atoms. The highest BCUT2D eigenvalue weighted by Gasteiger charge is 2.44. The Bertz CT molecular complexity index is 456. The van der Waals surface area contributed by atoms with Gasteiger partial charge in [0.15, 0.2) is 0 Å². The van der Waals surface area contributed by atoms with Gasteiger partial charge in [0.25, 0.3) is 5.91 Å². The zero-order valence-corrected chi connectivity index (χ0v) is 11.5. The second-order valence-corrected chi connectivity index (χ2v) is 5.66. The van der Waals surface area contributed by atoms with Crippen LogP contribution in [0.2, 0.25) is 0 Å². The first-order valence-corrected chi connectivity index (χ1v) is 7.12. The molecule has 0 aromatic carbocycles. The molecule has 1 amide bonds. The Balaban J connectivity index is 1.49. The van der Waals surface area contributed by atoms with E-state index in [2.05, 4.69) is 20.2 Å². The molecular weight excluding hydrogens is 256 g/mol. The number of rotatable bonds is 5. The lowest BCUT2D eigenvalue weighted by Gasteiger charge is -2.30. The summed E-state index contributed by atoms with van der Waals surface area (Å²) in [7, 11) is 0. The van der Waals surface area contributed by atoms with E-state index in [1.54, 1.807) is 6.20 Å². The molecule has 2 heterocycles. The molecule has 0 radical (unpaired) electrons. The molecule has 2 fully saturated rings. The number of amides is 1. The summed E-state index contributed by atoms with van der Waals surface area (Å²) in [6.07, 6.45) is 6.97. The molecule has 20 heavy (non-hydrogen) atoms. The van der Waals surface area contributed by atoms with Crippen LogP contribution >= 0.6 is 0 Å². The first-order chi connectivity index (χ1) is 9.77. The minimum absolute atomic E-state index is 0.133. The predicted molar refractivity (Wildman–Crippen MR) is 73.3 cm³/mol. The van der Waals surface area contributed by atoms with Crippen molar-refractivity contribution in [2.75, 3.05) is 39.4 Å². The maximum absolute atomic E-state index is 12.0. The Morgan fingerprint density at radius 1 is 1.35 bits per heavy atom. The average molecular weight is 276 g/mol. The normalized spacial score (nSPS) is 21.4. The Morgan fingerprint density at radius 2 is 2.15 bits per heavy atom. The summed E-state index contributed by atoms with van der Waals surface area (Å²) in [5, 5.41) is 2.99. The molecule has 1 saturated heterocycles. The fourth-order valence-electron chi connectivity index (χ4n) is 2.58. The van der Waals surface area contributed by atoms with Crippen molar-refractivity contribution in [3.63, 3.8) is 0 Å². The summed E-state index contributed by atoms with van der Waals surface area (Å²) in [5.74, 6) is -0.133. The fourth-order valence-corrected chi connectivity index (χ4v) is 2.58. The highest BCUT2D eigenvalue weighted by Crippen LogP contribution is 2.45. The summed E-state index contributed by atoms with van der Waals surface area (Å²) in [6, 6.07) is 0. The highest BCUT2D eigenvalue weighted by molar-refractivity contribution is 5.91. The summed E-state index contributed by atoms with van der Waals surface area (Å²) in [4.78, 5) is 22.3. The van der Waals surface area contributed by atoms with Gasteiger partial charge in [0.1, 0.15) is 5.69 Å². The van der Waals surface area contributed by atoms with Gasteiger partial charge in [0.05, 0.1) is 19.4 Å². The van der Waals surface area contributed by atoms with Crippen LogP contribution in [0.3, 0.4) is 0 Å². The molecule has 1 aromatic heterocycles. The van der Waals surface area contributed by atoms with Crippen molar-refractivity contribution in [3.8, 4) is 0 Å². The molecule has 0 unspecified atom stereocenters. The zero-order valence-electron chi connectivity index (χ0n) is 11.5. The lowest BCUT2D eigenvalue weighted by Crippen LogP contribution is -2.43. The molecule has 108 valence electrons. The summed E-state index contributed by atoms with van der Waals surface area (Å²) >= 11 is 0. The minimum Gasteiger partial charge on any atom is -0.379 e. The van der Waals surface area contributed by atoms with Gasteiger partial charge in [-0.05, 0) is 12.8 Å². The molecule has 0 atom stereocenters. The van der Waals surface area contributed by atoms with Gasteiger partial charge in [-0.25, -0.2) is 4.98 Å². The standard InChI is InChI=1S/C14H20N4O2/c19-13(12-9-15-3-4-16-12)17-10-14(1-2-14)11-18-5-7-20-8-6-18/h3-4,9H,1-2,5-8,10-11H2,(H,17,19). The third-order valence-corrected chi connectivity index (χ3v) is 4.04. The van der Waals surface area contributed by atoms with E-state index in [-0.39, 0.29) is 11.3 Å². The number of hydrogen-bond acceptors (Lipinski definition) is 5. The number of morpholine rings is 1. The molecule has 6 nitrogen and oxygen atoms in total. The van der Waals surface area contributed by atoms with Gasteiger partial charge in [-0.1, -0.05) is 0 Å². The van der Waals surface area contributed by atoms with Crippen LogP contribution in [0.5, 0.6) is 0 Å². The van der Waals surface area contributed by atoms with Crippen LogP contribution in [0.4, 0.5) is 0 Å². The van der Waals surface area contributed by atoms with Crippen molar-refractivity contribution < 1.29 is 9.53 Å². The smallest absolute Gasteiger partial charge is 0.271 e. The lowest BCUT2D eigenvalue weighted by molar-refractivity contribution is 0.0283. The molecule has 6 heteroatoms. The second kappa shape index (κ2) is 5.85. The van der Waals surface area contributed by atoms with Crippen LogP contribution in [0.25, 0.3) is 0 Å². The molecule has 0 bridgehead atoms. The largest absolute Gasteiger partial charge is 0.379 e. The number of nitrogens with one attached hydrogen (secondary N) is 1. The number of aromatic nitrogens is 2. The zero-order chi connectivity index (χ0) is 13.8. The third kappa shape index (κ3) is 3.32. The van der Waals surface area contributed by atoms with Crippen molar-refractivity contribution >= 4 is 5.91 Å². The van der Waals surface area contributed by atoms with Gasteiger partial charge in [-0.3, -0.25) is 14.7 Å². The molecule has 2 aliphatic rings. The summed E-state index contributed by atoms with van der Waals surface area (Å²) < 4.78 is 5.36. The molecule has 1 aliphatic carbocycles. The second-order valence-electron chi connectivity index (χ2n) is 5.66. The summed E-state index contributed by atoms with van der Waals surface area (Å²) in [6.45, 7) is 5.42. The lowest BCUT2D eigenvalue weighted by atomic mass is 10.1.